The predicted octanol–water partition coefficient (Wildman–Crippen LogP) is 4.64. The SMILES string of the molecule is O=C(CCc1c[nH]c2ccccc12)Nc1nn(Cc2ccccc2)cc1Cl. The van der Waals surface area contributed by atoms with Gasteiger partial charge in [0.25, 0.3) is 0 Å². The summed E-state index contributed by atoms with van der Waals surface area (Å²) in [7, 11) is 0. The molecule has 0 saturated carbocycles. The molecule has 136 valence electrons. The molecule has 0 fully saturated rings. The van der Waals surface area contributed by atoms with Crippen molar-refractivity contribution in [3.63, 3.8) is 0 Å². The molecule has 0 atom stereocenters. The number of nitrogens with one attached hydrogen (secondary N) is 2. The largest absolute Gasteiger partial charge is 0.361 e. The first-order valence-corrected chi connectivity index (χ1v) is 9.18. The number of para-hydroxylation sites is 1. The van der Waals surface area contributed by atoms with E-state index in [2.05, 4.69) is 21.5 Å². The second kappa shape index (κ2) is 7.68. The Balaban J connectivity index is 1.38. The van der Waals surface area contributed by atoms with Gasteiger partial charge in [-0.05, 0) is 23.6 Å². The number of fused-ring (bicyclic) bond motifs is 1. The molecule has 2 heterocycles. The van der Waals surface area contributed by atoms with Gasteiger partial charge in [-0.25, -0.2) is 0 Å². The molecule has 0 radical (unpaired) electrons. The average Bonchev–Trinajstić information content (AvgIpc) is 3.24. The second-order valence-electron chi connectivity index (χ2n) is 6.42. The quantitative estimate of drug-likeness (QED) is 0.513. The molecule has 5 nitrogen and oxygen atoms in total. The van der Waals surface area contributed by atoms with E-state index in [9.17, 15) is 4.79 Å². The number of anilines is 1. The zero-order valence-corrected chi connectivity index (χ0v) is 15.4. The van der Waals surface area contributed by atoms with Crippen molar-refractivity contribution in [2.45, 2.75) is 19.4 Å². The standard InChI is InChI=1S/C21H19ClN4O/c22-18-14-26(13-15-6-2-1-3-7-15)25-21(18)24-20(27)11-10-16-12-23-19-9-5-4-8-17(16)19/h1-9,12,14,23H,10-11,13H2,(H,24,25,27). The lowest BCUT2D eigenvalue weighted by molar-refractivity contribution is -0.116. The maximum Gasteiger partial charge on any atom is 0.225 e. The molecule has 2 aromatic carbocycles. The smallest absolute Gasteiger partial charge is 0.225 e. The van der Waals surface area contributed by atoms with E-state index < -0.39 is 0 Å². The molecule has 0 aliphatic heterocycles. The summed E-state index contributed by atoms with van der Waals surface area (Å²) in [4.78, 5) is 15.6. The molecule has 27 heavy (non-hydrogen) atoms. The lowest BCUT2D eigenvalue weighted by Crippen LogP contribution is -2.13. The van der Waals surface area contributed by atoms with E-state index in [1.807, 2.05) is 54.7 Å². The first kappa shape index (κ1) is 17.4. The summed E-state index contributed by atoms with van der Waals surface area (Å²) in [6.45, 7) is 0.603. The fourth-order valence-corrected chi connectivity index (χ4v) is 3.31. The maximum absolute atomic E-state index is 12.3. The number of nitrogens with zero attached hydrogens (tertiary/aromatic N) is 2. The number of rotatable bonds is 6. The Labute approximate surface area is 162 Å². The van der Waals surface area contributed by atoms with Gasteiger partial charge in [0.2, 0.25) is 5.91 Å². The van der Waals surface area contributed by atoms with Gasteiger partial charge in [-0.15, -0.1) is 0 Å². The van der Waals surface area contributed by atoms with E-state index in [1.165, 1.54) is 0 Å². The lowest BCUT2D eigenvalue weighted by atomic mass is 10.1. The van der Waals surface area contributed by atoms with Crippen LogP contribution in [0.25, 0.3) is 10.9 Å². The number of hydrogen-bond acceptors (Lipinski definition) is 2. The van der Waals surface area contributed by atoms with Crippen molar-refractivity contribution in [2.24, 2.45) is 0 Å². The van der Waals surface area contributed by atoms with Crippen LogP contribution in [0.2, 0.25) is 5.02 Å². The number of hydrogen-bond donors (Lipinski definition) is 2. The van der Waals surface area contributed by atoms with Crippen molar-refractivity contribution in [3.05, 3.63) is 83.1 Å². The molecule has 4 aromatic rings. The van der Waals surface area contributed by atoms with Gasteiger partial charge in [0.05, 0.1) is 6.54 Å². The van der Waals surface area contributed by atoms with E-state index in [0.29, 0.717) is 30.2 Å². The van der Waals surface area contributed by atoms with Crippen molar-refractivity contribution in [2.75, 3.05) is 5.32 Å². The number of carbonyl (C=O) groups is 1. The fourth-order valence-electron chi connectivity index (χ4n) is 3.11. The van der Waals surface area contributed by atoms with Crippen molar-refractivity contribution in [3.8, 4) is 0 Å². The van der Waals surface area contributed by atoms with E-state index in [0.717, 1.165) is 22.0 Å². The Bertz CT molecular complexity index is 1070. The lowest BCUT2D eigenvalue weighted by Gasteiger charge is -2.03. The van der Waals surface area contributed by atoms with Crippen LogP contribution in [-0.4, -0.2) is 20.7 Å². The summed E-state index contributed by atoms with van der Waals surface area (Å²) in [5.41, 5.74) is 3.32. The van der Waals surface area contributed by atoms with Crippen LogP contribution in [0.4, 0.5) is 5.82 Å². The van der Waals surface area contributed by atoms with Gasteiger partial charge in [0.1, 0.15) is 5.02 Å². The Kier molecular flexibility index (Phi) is 4.94. The summed E-state index contributed by atoms with van der Waals surface area (Å²) in [5.74, 6) is 0.295. The van der Waals surface area contributed by atoms with Crippen LogP contribution < -0.4 is 5.32 Å². The third kappa shape index (κ3) is 4.04. The number of benzene rings is 2. The van der Waals surface area contributed by atoms with Gasteiger partial charge in [0, 0.05) is 29.7 Å². The highest BCUT2D eigenvalue weighted by molar-refractivity contribution is 6.33. The highest BCUT2D eigenvalue weighted by atomic mass is 35.5. The molecule has 2 N–H and O–H groups in total. The number of H-pyrrole nitrogens is 1. The van der Waals surface area contributed by atoms with Gasteiger partial charge < -0.3 is 10.3 Å². The second-order valence-corrected chi connectivity index (χ2v) is 6.82. The maximum atomic E-state index is 12.3. The molecule has 2 aromatic heterocycles. The molecule has 0 unspecified atom stereocenters. The van der Waals surface area contributed by atoms with Crippen LogP contribution in [-0.2, 0) is 17.8 Å². The minimum absolute atomic E-state index is 0.104. The summed E-state index contributed by atoms with van der Waals surface area (Å²) in [6.07, 6.45) is 4.70. The number of halogens is 1. The number of aryl methyl sites for hydroxylation is 1. The van der Waals surface area contributed by atoms with E-state index in [4.69, 9.17) is 11.6 Å². The molecular formula is C21H19ClN4O. The molecule has 0 saturated heterocycles. The first-order valence-electron chi connectivity index (χ1n) is 8.81. The van der Waals surface area contributed by atoms with Crippen LogP contribution in [0.5, 0.6) is 0 Å². The van der Waals surface area contributed by atoms with Crippen molar-refractivity contribution >= 4 is 34.2 Å². The first-order chi connectivity index (χ1) is 13.2. The monoisotopic (exact) mass is 378 g/mol. The molecule has 1 amide bonds. The molecular weight excluding hydrogens is 360 g/mol. The van der Waals surface area contributed by atoms with Crippen LogP contribution in [0, 0.1) is 0 Å². The molecule has 4 rings (SSSR count). The van der Waals surface area contributed by atoms with Gasteiger partial charge in [-0.1, -0.05) is 60.1 Å². The van der Waals surface area contributed by atoms with Gasteiger partial charge >= 0.3 is 0 Å². The molecule has 0 bridgehead atoms. The zero-order chi connectivity index (χ0) is 18.6. The Morgan fingerprint density at radius 3 is 2.74 bits per heavy atom. The molecule has 0 aliphatic carbocycles. The van der Waals surface area contributed by atoms with E-state index >= 15 is 0 Å². The van der Waals surface area contributed by atoms with Gasteiger partial charge in [-0.2, -0.15) is 5.10 Å². The third-order valence-corrected chi connectivity index (χ3v) is 4.74. The Hall–Kier alpha value is -3.05. The number of aromatic amines is 1. The molecule has 6 heteroatoms. The van der Waals surface area contributed by atoms with E-state index in [1.54, 1.807) is 10.9 Å². The number of aromatic nitrogens is 3. The fraction of sp³-hybridized carbons (Fsp3) is 0.143. The van der Waals surface area contributed by atoms with Crippen LogP contribution in [0.1, 0.15) is 17.5 Å². The zero-order valence-electron chi connectivity index (χ0n) is 14.7. The van der Waals surface area contributed by atoms with Crippen molar-refractivity contribution in [1.82, 2.24) is 14.8 Å². The molecule has 0 spiro atoms. The number of amides is 1. The van der Waals surface area contributed by atoms with Crippen molar-refractivity contribution < 1.29 is 4.79 Å². The number of carbonyl (C=O) groups excluding carboxylic acids is 1. The van der Waals surface area contributed by atoms with Gasteiger partial charge in [0.15, 0.2) is 5.82 Å². The third-order valence-electron chi connectivity index (χ3n) is 4.46. The summed E-state index contributed by atoms with van der Waals surface area (Å²) in [6, 6.07) is 18.0. The highest BCUT2D eigenvalue weighted by Crippen LogP contribution is 2.22. The van der Waals surface area contributed by atoms with Crippen LogP contribution in [0.15, 0.2) is 67.0 Å². The topological polar surface area (TPSA) is 62.7 Å². The van der Waals surface area contributed by atoms with Gasteiger partial charge in [-0.3, -0.25) is 9.48 Å². The van der Waals surface area contributed by atoms with Crippen LogP contribution >= 0.6 is 11.6 Å². The summed E-state index contributed by atoms with van der Waals surface area (Å²) in [5, 5.41) is 8.79. The van der Waals surface area contributed by atoms with Crippen molar-refractivity contribution in [1.29, 1.82) is 0 Å². The summed E-state index contributed by atoms with van der Waals surface area (Å²) >= 11 is 6.23. The Morgan fingerprint density at radius 2 is 1.89 bits per heavy atom. The minimum atomic E-state index is -0.104. The molecule has 0 aliphatic rings. The minimum Gasteiger partial charge on any atom is -0.361 e. The Morgan fingerprint density at radius 1 is 1.11 bits per heavy atom. The normalized spacial score (nSPS) is 11.0. The average molecular weight is 379 g/mol. The summed E-state index contributed by atoms with van der Waals surface area (Å²) < 4.78 is 1.73. The highest BCUT2D eigenvalue weighted by Gasteiger charge is 2.12. The van der Waals surface area contributed by atoms with Crippen LogP contribution in [0.3, 0.4) is 0 Å². The predicted molar refractivity (Wildman–Crippen MR) is 108 cm³/mol. The van der Waals surface area contributed by atoms with E-state index in [-0.39, 0.29) is 5.91 Å².